The average Bonchev–Trinajstić information content (AvgIpc) is 3.28. The first-order valence-corrected chi connectivity index (χ1v) is 6.81. The Morgan fingerprint density at radius 1 is 1.44 bits per heavy atom. The van der Waals surface area contributed by atoms with E-state index in [0.717, 1.165) is 38.0 Å². The number of nitrogens with one attached hydrogen (secondary N) is 1. The summed E-state index contributed by atoms with van der Waals surface area (Å²) in [5, 5.41) is 6.95. The molecule has 5 heteroatoms. The normalized spacial score (nSPS) is 33.9. The highest BCUT2D eigenvalue weighted by molar-refractivity contribution is 5.92. The summed E-state index contributed by atoms with van der Waals surface area (Å²) in [6.45, 7) is 2.32. The van der Waals surface area contributed by atoms with Crippen molar-refractivity contribution in [2.45, 2.75) is 43.7 Å². The lowest BCUT2D eigenvalue weighted by Gasteiger charge is -2.22. The lowest BCUT2D eigenvalue weighted by Crippen LogP contribution is -2.40. The molecule has 3 fully saturated rings. The molecule has 0 aromatic carbocycles. The molecule has 1 unspecified atom stereocenters. The number of carbonyl (C=O) groups excluding carboxylic acids is 1. The summed E-state index contributed by atoms with van der Waals surface area (Å²) in [6, 6.07) is 2.82. The summed E-state index contributed by atoms with van der Waals surface area (Å²) in [4.78, 5) is 14.5. The van der Waals surface area contributed by atoms with Gasteiger partial charge in [0.2, 0.25) is 0 Å². The zero-order valence-corrected chi connectivity index (χ0v) is 10.3. The van der Waals surface area contributed by atoms with E-state index >= 15 is 0 Å². The van der Waals surface area contributed by atoms with Crippen molar-refractivity contribution in [1.29, 1.82) is 0 Å². The molecule has 1 saturated carbocycles. The zero-order valence-electron chi connectivity index (χ0n) is 10.3. The lowest BCUT2D eigenvalue weighted by atomic mass is 10.1. The molecule has 1 aromatic rings. The van der Waals surface area contributed by atoms with Gasteiger partial charge in [-0.05, 0) is 25.7 Å². The molecule has 2 saturated heterocycles. The second-order valence-corrected chi connectivity index (χ2v) is 5.73. The Morgan fingerprint density at radius 2 is 2.33 bits per heavy atom. The zero-order chi connectivity index (χ0) is 12.1. The van der Waals surface area contributed by atoms with Crippen LogP contribution >= 0.6 is 0 Å². The fraction of sp³-hybridized carbons (Fsp3) is 0.692. The van der Waals surface area contributed by atoms with Crippen LogP contribution in [0.15, 0.2) is 10.6 Å². The smallest absolute Gasteiger partial charge is 0.273 e. The Balaban J connectivity index is 1.39. The van der Waals surface area contributed by atoms with Crippen LogP contribution in [0.4, 0.5) is 0 Å². The third-order valence-corrected chi connectivity index (χ3v) is 4.23. The molecule has 4 rings (SSSR count). The molecule has 1 aliphatic carbocycles. The summed E-state index contributed by atoms with van der Waals surface area (Å²) < 4.78 is 5.21. The number of hydrogen-bond acceptors (Lipinski definition) is 4. The van der Waals surface area contributed by atoms with Crippen molar-refractivity contribution in [3.63, 3.8) is 0 Å². The topological polar surface area (TPSA) is 58.1 Å². The standard InChI is InChI=1S/C13H17N3O2/c17-13(11-6-12(18-15-11)8-1-2-8)14-9-3-4-16-7-10(16)5-9/h6,8-10H,1-5,7H2,(H,14,17)/t9-,10-,16?/m1/s1. The quantitative estimate of drug-likeness (QED) is 0.813. The number of aromatic nitrogens is 1. The van der Waals surface area contributed by atoms with Crippen molar-refractivity contribution in [1.82, 2.24) is 15.4 Å². The van der Waals surface area contributed by atoms with Gasteiger partial charge in [0.25, 0.3) is 5.91 Å². The van der Waals surface area contributed by atoms with Gasteiger partial charge < -0.3 is 9.84 Å². The summed E-state index contributed by atoms with van der Waals surface area (Å²) in [6.07, 6.45) is 4.46. The van der Waals surface area contributed by atoms with Gasteiger partial charge >= 0.3 is 0 Å². The fourth-order valence-electron chi connectivity index (χ4n) is 2.84. The Morgan fingerprint density at radius 3 is 3.11 bits per heavy atom. The number of hydrogen-bond donors (Lipinski definition) is 1. The predicted octanol–water partition coefficient (Wildman–Crippen LogP) is 1.13. The van der Waals surface area contributed by atoms with Crippen LogP contribution in [-0.4, -0.2) is 41.1 Å². The molecule has 0 spiro atoms. The molecule has 3 heterocycles. The van der Waals surface area contributed by atoms with Crippen LogP contribution in [0.3, 0.4) is 0 Å². The van der Waals surface area contributed by atoms with Crippen LogP contribution in [0.25, 0.3) is 0 Å². The summed E-state index contributed by atoms with van der Waals surface area (Å²) in [5.74, 6) is 1.30. The van der Waals surface area contributed by atoms with E-state index in [4.69, 9.17) is 4.52 Å². The molecule has 1 aromatic heterocycles. The van der Waals surface area contributed by atoms with Crippen molar-refractivity contribution in [2.24, 2.45) is 0 Å². The van der Waals surface area contributed by atoms with Crippen LogP contribution < -0.4 is 5.32 Å². The van der Waals surface area contributed by atoms with E-state index in [1.165, 1.54) is 6.54 Å². The summed E-state index contributed by atoms with van der Waals surface area (Å²) >= 11 is 0. The van der Waals surface area contributed by atoms with Crippen LogP contribution in [0, 0.1) is 0 Å². The van der Waals surface area contributed by atoms with Crippen LogP contribution in [0.5, 0.6) is 0 Å². The highest BCUT2D eigenvalue weighted by atomic mass is 16.5. The van der Waals surface area contributed by atoms with Crippen molar-refractivity contribution in [2.75, 3.05) is 13.1 Å². The van der Waals surface area contributed by atoms with Gasteiger partial charge in [0, 0.05) is 37.2 Å². The minimum atomic E-state index is -0.0789. The van der Waals surface area contributed by atoms with Gasteiger partial charge in [-0.25, -0.2) is 0 Å². The van der Waals surface area contributed by atoms with Crippen LogP contribution in [-0.2, 0) is 0 Å². The first-order valence-electron chi connectivity index (χ1n) is 6.81. The number of fused-ring (bicyclic) bond motifs is 1. The van der Waals surface area contributed by atoms with Crippen LogP contribution in [0.1, 0.15) is 47.8 Å². The van der Waals surface area contributed by atoms with E-state index in [1.807, 2.05) is 0 Å². The Labute approximate surface area is 105 Å². The number of carbonyl (C=O) groups is 1. The maximum Gasteiger partial charge on any atom is 0.273 e. The Kier molecular flexibility index (Phi) is 2.24. The first-order chi connectivity index (χ1) is 8.79. The molecular formula is C13H17N3O2. The number of piperidine rings is 1. The number of rotatable bonds is 3. The molecular weight excluding hydrogens is 230 g/mol. The molecule has 18 heavy (non-hydrogen) atoms. The van der Waals surface area contributed by atoms with E-state index < -0.39 is 0 Å². The second-order valence-electron chi connectivity index (χ2n) is 5.73. The molecule has 2 aliphatic heterocycles. The molecule has 1 amide bonds. The highest BCUT2D eigenvalue weighted by Crippen LogP contribution is 2.40. The van der Waals surface area contributed by atoms with Gasteiger partial charge in [-0.3, -0.25) is 9.69 Å². The largest absolute Gasteiger partial charge is 0.360 e. The highest BCUT2D eigenvalue weighted by Gasteiger charge is 2.40. The van der Waals surface area contributed by atoms with E-state index in [1.54, 1.807) is 6.07 Å². The van der Waals surface area contributed by atoms with E-state index in [2.05, 4.69) is 15.4 Å². The van der Waals surface area contributed by atoms with Gasteiger partial charge in [0.05, 0.1) is 0 Å². The maximum absolute atomic E-state index is 12.0. The molecule has 0 radical (unpaired) electrons. The number of nitrogens with zero attached hydrogens (tertiary/aromatic N) is 2. The maximum atomic E-state index is 12.0. The number of amides is 1. The van der Waals surface area contributed by atoms with Crippen molar-refractivity contribution in [3.8, 4) is 0 Å². The van der Waals surface area contributed by atoms with Gasteiger partial charge in [-0.2, -0.15) is 0 Å². The fourth-order valence-corrected chi connectivity index (χ4v) is 2.84. The molecule has 96 valence electrons. The van der Waals surface area contributed by atoms with Crippen molar-refractivity contribution >= 4 is 5.91 Å². The molecule has 1 N–H and O–H groups in total. The van der Waals surface area contributed by atoms with Crippen molar-refractivity contribution < 1.29 is 9.32 Å². The average molecular weight is 247 g/mol. The SMILES string of the molecule is O=C(N[C@@H]1CCN2C[C@H]2C1)c1cc(C2CC2)on1. The van der Waals surface area contributed by atoms with Crippen LogP contribution in [0.2, 0.25) is 0 Å². The molecule has 0 bridgehead atoms. The van der Waals surface area contributed by atoms with Crippen molar-refractivity contribution in [3.05, 3.63) is 17.5 Å². The van der Waals surface area contributed by atoms with E-state index in [-0.39, 0.29) is 5.91 Å². The van der Waals surface area contributed by atoms with Gasteiger partial charge in [0.15, 0.2) is 5.69 Å². The predicted molar refractivity (Wildman–Crippen MR) is 64.3 cm³/mol. The second kappa shape index (κ2) is 3.82. The summed E-state index contributed by atoms with van der Waals surface area (Å²) in [7, 11) is 0. The van der Waals surface area contributed by atoms with E-state index in [9.17, 15) is 4.79 Å². The lowest BCUT2D eigenvalue weighted by molar-refractivity contribution is 0.0917. The van der Waals surface area contributed by atoms with Gasteiger partial charge in [-0.1, -0.05) is 5.16 Å². The van der Waals surface area contributed by atoms with E-state index in [0.29, 0.717) is 23.7 Å². The first kappa shape index (κ1) is 10.6. The molecule has 5 nitrogen and oxygen atoms in total. The minimum absolute atomic E-state index is 0.0789. The van der Waals surface area contributed by atoms with Gasteiger partial charge in [-0.15, -0.1) is 0 Å². The molecule has 3 aliphatic rings. The third kappa shape index (κ3) is 1.92. The Hall–Kier alpha value is -1.36. The minimum Gasteiger partial charge on any atom is -0.360 e. The molecule has 3 atom stereocenters. The Bertz CT molecular complexity index is 480. The summed E-state index contributed by atoms with van der Waals surface area (Å²) in [5.41, 5.74) is 0.440. The third-order valence-electron chi connectivity index (χ3n) is 4.23. The van der Waals surface area contributed by atoms with Gasteiger partial charge in [0.1, 0.15) is 5.76 Å². The monoisotopic (exact) mass is 247 g/mol.